The van der Waals surface area contributed by atoms with Crippen molar-refractivity contribution in [3.8, 4) is 11.8 Å². The molecular weight excluding hydrogens is 300 g/mol. The molecular formula is C20H13N2O2-. The van der Waals surface area contributed by atoms with Crippen LogP contribution in [0.2, 0.25) is 0 Å². The average Bonchev–Trinajstić information content (AvgIpc) is 3.08. The van der Waals surface area contributed by atoms with Crippen molar-refractivity contribution in [1.82, 2.24) is 4.57 Å². The second-order valence-electron chi connectivity index (χ2n) is 5.17. The van der Waals surface area contributed by atoms with Gasteiger partial charge in [0.1, 0.15) is 0 Å². The molecule has 0 spiro atoms. The average molecular weight is 313 g/mol. The fraction of sp³-hybridized carbons (Fsp3) is 0. The van der Waals surface area contributed by atoms with Crippen LogP contribution in [0, 0.1) is 11.3 Å². The Bertz CT molecular complexity index is 930. The molecule has 0 unspecified atom stereocenters. The molecule has 4 nitrogen and oxygen atoms in total. The zero-order chi connectivity index (χ0) is 16.9. The van der Waals surface area contributed by atoms with Crippen LogP contribution in [0.4, 0.5) is 0 Å². The first-order valence-corrected chi connectivity index (χ1v) is 7.35. The lowest BCUT2D eigenvalue weighted by atomic mass is 10.1. The van der Waals surface area contributed by atoms with E-state index in [1.807, 2.05) is 59.3 Å². The van der Waals surface area contributed by atoms with Crippen LogP contribution in [0.25, 0.3) is 17.3 Å². The molecule has 116 valence electrons. The number of allylic oxidation sites excluding steroid dienone is 1. The molecule has 1 aromatic heterocycles. The van der Waals surface area contributed by atoms with Crippen molar-refractivity contribution < 1.29 is 9.90 Å². The lowest BCUT2D eigenvalue weighted by Gasteiger charge is -2.09. The molecule has 3 aromatic rings. The summed E-state index contributed by atoms with van der Waals surface area (Å²) < 4.78 is 1.89. The summed E-state index contributed by atoms with van der Waals surface area (Å²) in [6.07, 6.45) is 3.67. The predicted molar refractivity (Wildman–Crippen MR) is 90.0 cm³/mol. The zero-order valence-corrected chi connectivity index (χ0v) is 12.7. The molecule has 3 rings (SSSR count). The van der Waals surface area contributed by atoms with E-state index in [1.54, 1.807) is 12.1 Å². The van der Waals surface area contributed by atoms with Gasteiger partial charge in [-0.1, -0.05) is 42.5 Å². The monoisotopic (exact) mass is 313 g/mol. The topological polar surface area (TPSA) is 68.8 Å². The minimum Gasteiger partial charge on any atom is -0.545 e. The van der Waals surface area contributed by atoms with Gasteiger partial charge in [0, 0.05) is 17.6 Å². The van der Waals surface area contributed by atoms with Crippen LogP contribution in [0.15, 0.2) is 72.9 Å². The minimum atomic E-state index is -1.20. The second-order valence-corrected chi connectivity index (χ2v) is 5.17. The summed E-state index contributed by atoms with van der Waals surface area (Å²) in [4.78, 5) is 10.8. The van der Waals surface area contributed by atoms with Gasteiger partial charge in [-0.2, -0.15) is 5.26 Å². The molecule has 0 aliphatic rings. The van der Waals surface area contributed by atoms with Crippen LogP contribution in [0.1, 0.15) is 21.6 Å². The number of rotatable bonds is 4. The molecule has 0 aliphatic heterocycles. The van der Waals surface area contributed by atoms with E-state index in [9.17, 15) is 15.2 Å². The fourth-order valence-corrected chi connectivity index (χ4v) is 2.45. The Morgan fingerprint density at radius 3 is 2.29 bits per heavy atom. The maximum atomic E-state index is 10.8. The van der Waals surface area contributed by atoms with E-state index in [1.165, 1.54) is 12.1 Å². The van der Waals surface area contributed by atoms with Gasteiger partial charge in [0.25, 0.3) is 0 Å². The van der Waals surface area contributed by atoms with Gasteiger partial charge in [-0.25, -0.2) is 0 Å². The third-order valence-electron chi connectivity index (χ3n) is 3.66. The van der Waals surface area contributed by atoms with Crippen LogP contribution < -0.4 is 5.11 Å². The summed E-state index contributed by atoms with van der Waals surface area (Å²) >= 11 is 0. The maximum Gasteiger partial charge on any atom is 0.0998 e. The molecule has 4 heteroatoms. The summed E-state index contributed by atoms with van der Waals surface area (Å²) in [5.41, 5.74) is 3.17. The molecule has 0 radical (unpaired) electrons. The smallest absolute Gasteiger partial charge is 0.0998 e. The molecule has 0 saturated carbocycles. The van der Waals surface area contributed by atoms with Gasteiger partial charge >= 0.3 is 0 Å². The second kappa shape index (κ2) is 6.67. The quantitative estimate of drug-likeness (QED) is 0.695. The Morgan fingerprint density at radius 1 is 0.958 bits per heavy atom. The molecule has 24 heavy (non-hydrogen) atoms. The maximum absolute atomic E-state index is 10.8. The van der Waals surface area contributed by atoms with Crippen molar-refractivity contribution in [1.29, 1.82) is 5.26 Å². The number of nitrogens with zero attached hydrogens (tertiary/aromatic N) is 2. The van der Waals surface area contributed by atoms with E-state index < -0.39 is 5.97 Å². The van der Waals surface area contributed by atoms with E-state index in [2.05, 4.69) is 6.07 Å². The number of hydrogen-bond donors (Lipinski definition) is 0. The highest BCUT2D eigenvalue weighted by Gasteiger charge is 2.05. The summed E-state index contributed by atoms with van der Waals surface area (Å²) in [6.45, 7) is 0. The molecule has 0 N–H and O–H groups in total. The fourth-order valence-electron chi connectivity index (χ4n) is 2.45. The zero-order valence-electron chi connectivity index (χ0n) is 12.7. The number of carboxylic acid groups (broad SMARTS) is 1. The summed E-state index contributed by atoms with van der Waals surface area (Å²) in [5, 5.41) is 20.3. The Labute approximate surface area is 139 Å². The van der Waals surface area contributed by atoms with Crippen LogP contribution in [-0.2, 0) is 0 Å². The van der Waals surface area contributed by atoms with E-state index in [-0.39, 0.29) is 5.56 Å². The molecule has 0 bridgehead atoms. The Kier molecular flexibility index (Phi) is 4.26. The van der Waals surface area contributed by atoms with Crippen molar-refractivity contribution in [3.63, 3.8) is 0 Å². The minimum absolute atomic E-state index is 0.130. The number of nitriles is 1. The number of aromatic carboxylic acids is 1. The van der Waals surface area contributed by atoms with Gasteiger partial charge in [-0.3, -0.25) is 0 Å². The first kappa shape index (κ1) is 15.3. The number of benzene rings is 2. The number of carbonyl (C=O) groups excluding carboxylic acids is 1. The lowest BCUT2D eigenvalue weighted by Crippen LogP contribution is -2.22. The lowest BCUT2D eigenvalue weighted by molar-refractivity contribution is -0.255. The van der Waals surface area contributed by atoms with Gasteiger partial charge in [-0.05, 0) is 41.5 Å². The largest absolute Gasteiger partial charge is 0.545 e. The molecule has 0 atom stereocenters. The first-order chi connectivity index (χ1) is 11.7. The van der Waals surface area contributed by atoms with Gasteiger partial charge < -0.3 is 14.5 Å². The highest BCUT2D eigenvalue weighted by Crippen LogP contribution is 2.20. The highest BCUT2D eigenvalue weighted by molar-refractivity contribution is 5.89. The van der Waals surface area contributed by atoms with Gasteiger partial charge in [0.05, 0.1) is 17.6 Å². The standard InChI is InChI=1S/C20H14N2O2/c21-14-17(15-5-2-1-3-6-15)13-19-7-4-12-22(19)18-10-8-16(9-11-18)20(23)24/h1-13H,(H,23,24)/p-1/b17-13+. The molecule has 0 saturated heterocycles. The third kappa shape index (κ3) is 3.11. The Morgan fingerprint density at radius 2 is 1.67 bits per heavy atom. The van der Waals surface area contributed by atoms with E-state index in [0.29, 0.717) is 5.57 Å². The van der Waals surface area contributed by atoms with Crippen molar-refractivity contribution in [2.75, 3.05) is 0 Å². The number of aromatic nitrogens is 1. The SMILES string of the molecule is N#C/C(=C\c1cccn1-c1ccc(C(=O)[O-])cc1)c1ccccc1. The van der Waals surface area contributed by atoms with Crippen molar-refractivity contribution in [2.45, 2.75) is 0 Å². The van der Waals surface area contributed by atoms with Gasteiger partial charge in [-0.15, -0.1) is 0 Å². The normalized spacial score (nSPS) is 11.0. The third-order valence-corrected chi connectivity index (χ3v) is 3.66. The molecule has 1 heterocycles. The predicted octanol–water partition coefficient (Wildman–Crippen LogP) is 2.90. The highest BCUT2D eigenvalue weighted by atomic mass is 16.4. The summed E-state index contributed by atoms with van der Waals surface area (Å²) in [5.74, 6) is -1.20. The van der Waals surface area contributed by atoms with Crippen molar-refractivity contribution in [2.24, 2.45) is 0 Å². The van der Waals surface area contributed by atoms with Crippen LogP contribution in [0.3, 0.4) is 0 Å². The molecule has 0 fully saturated rings. The van der Waals surface area contributed by atoms with Crippen LogP contribution >= 0.6 is 0 Å². The molecule has 2 aromatic carbocycles. The molecule has 0 aliphatic carbocycles. The first-order valence-electron chi connectivity index (χ1n) is 7.35. The van der Waals surface area contributed by atoms with E-state index >= 15 is 0 Å². The Hall–Kier alpha value is -3.58. The molecule has 0 amide bonds. The summed E-state index contributed by atoms with van der Waals surface area (Å²) in [7, 11) is 0. The number of hydrogen-bond acceptors (Lipinski definition) is 3. The van der Waals surface area contributed by atoms with Gasteiger partial charge in [0.15, 0.2) is 0 Å². The Balaban J connectivity index is 2.00. The van der Waals surface area contributed by atoms with Gasteiger partial charge in [0.2, 0.25) is 0 Å². The van der Waals surface area contributed by atoms with Crippen molar-refractivity contribution in [3.05, 3.63) is 89.7 Å². The number of carbonyl (C=O) groups is 1. The van der Waals surface area contributed by atoms with Crippen LogP contribution in [-0.4, -0.2) is 10.5 Å². The number of carboxylic acids is 1. The van der Waals surface area contributed by atoms with Crippen LogP contribution in [0.5, 0.6) is 0 Å². The van der Waals surface area contributed by atoms with Crippen molar-refractivity contribution >= 4 is 17.6 Å². The van der Waals surface area contributed by atoms with E-state index in [0.717, 1.165) is 16.9 Å². The van der Waals surface area contributed by atoms with E-state index in [4.69, 9.17) is 0 Å². The summed E-state index contributed by atoms with van der Waals surface area (Å²) in [6, 6.07) is 21.9.